The number of nitrogens with zero attached hydrogens (tertiary/aromatic N) is 1. The van der Waals surface area contributed by atoms with Crippen LogP contribution in [0.3, 0.4) is 0 Å². The summed E-state index contributed by atoms with van der Waals surface area (Å²) in [6.07, 6.45) is 2.15. The Balaban J connectivity index is 1.93. The first-order valence-corrected chi connectivity index (χ1v) is 12.5. The molecule has 0 aromatic heterocycles. The summed E-state index contributed by atoms with van der Waals surface area (Å²) in [5.41, 5.74) is 1.53. The van der Waals surface area contributed by atoms with Crippen LogP contribution in [0.2, 0.25) is 10.0 Å². The predicted molar refractivity (Wildman–Crippen MR) is 141 cm³/mol. The molecule has 1 atom stereocenters. The number of nitrogens with one attached hydrogen (secondary N) is 1. The fraction of sp³-hybridized carbons (Fsp3) is 0.286. The highest BCUT2D eigenvalue weighted by molar-refractivity contribution is 6.36. The van der Waals surface area contributed by atoms with Gasteiger partial charge >= 0.3 is 0 Å². The molecule has 0 saturated heterocycles. The number of para-hydroxylation sites is 1. The van der Waals surface area contributed by atoms with Crippen LogP contribution in [0, 0.1) is 0 Å². The van der Waals surface area contributed by atoms with Gasteiger partial charge in [0.25, 0.3) is 5.91 Å². The first-order valence-electron chi connectivity index (χ1n) is 11.7. The molecule has 3 aromatic rings. The zero-order valence-electron chi connectivity index (χ0n) is 19.8. The van der Waals surface area contributed by atoms with Gasteiger partial charge < -0.3 is 15.0 Å². The fourth-order valence-electron chi connectivity index (χ4n) is 3.66. The minimum Gasteiger partial charge on any atom is -0.484 e. The largest absolute Gasteiger partial charge is 0.484 e. The van der Waals surface area contributed by atoms with Crippen LogP contribution in [-0.4, -0.2) is 35.9 Å². The molecule has 0 radical (unpaired) electrons. The number of carbonyl (C=O) groups excluding carboxylic acids is 2. The molecule has 1 N–H and O–H groups in total. The summed E-state index contributed by atoms with van der Waals surface area (Å²) in [7, 11) is 0. The summed E-state index contributed by atoms with van der Waals surface area (Å²) in [5, 5.41) is 3.86. The number of benzene rings is 3. The van der Waals surface area contributed by atoms with Gasteiger partial charge in [0, 0.05) is 35.1 Å². The van der Waals surface area contributed by atoms with E-state index in [9.17, 15) is 9.59 Å². The standard InChI is InChI=1S/C28H30Cl2N2O3/c1-2-3-17-31-28(34)26(18-21-11-6-4-7-12-21)32(19-23-24(29)15-10-16-25(23)30)27(33)20-35-22-13-8-5-9-14-22/h4-16,26H,2-3,17-20H2,1H3,(H,31,34)/t26-/m0/s1. The molecule has 0 spiro atoms. The van der Waals surface area contributed by atoms with Gasteiger partial charge in [0.05, 0.1) is 0 Å². The fourth-order valence-corrected chi connectivity index (χ4v) is 4.18. The van der Waals surface area contributed by atoms with Crippen LogP contribution in [0.5, 0.6) is 5.75 Å². The SMILES string of the molecule is CCCCNC(=O)[C@H](Cc1ccccc1)N(Cc1c(Cl)cccc1Cl)C(=O)COc1ccccc1. The van der Waals surface area contributed by atoms with E-state index >= 15 is 0 Å². The van der Waals surface area contributed by atoms with Crippen LogP contribution >= 0.6 is 23.2 Å². The molecule has 3 aromatic carbocycles. The van der Waals surface area contributed by atoms with E-state index in [1.807, 2.05) is 48.5 Å². The Labute approximate surface area is 217 Å². The number of hydrogen-bond donors (Lipinski definition) is 1. The Kier molecular flexibility index (Phi) is 10.5. The summed E-state index contributed by atoms with van der Waals surface area (Å²) >= 11 is 12.9. The smallest absolute Gasteiger partial charge is 0.261 e. The second-order valence-electron chi connectivity index (χ2n) is 8.17. The van der Waals surface area contributed by atoms with Crippen LogP contribution < -0.4 is 10.1 Å². The number of amides is 2. The van der Waals surface area contributed by atoms with Crippen molar-refractivity contribution in [3.05, 3.63) is 100 Å². The highest BCUT2D eigenvalue weighted by Crippen LogP contribution is 2.27. The number of halogens is 2. The van der Waals surface area contributed by atoms with Gasteiger partial charge in [-0.15, -0.1) is 0 Å². The molecular weight excluding hydrogens is 483 g/mol. The topological polar surface area (TPSA) is 58.6 Å². The number of unbranched alkanes of at least 4 members (excludes halogenated alkanes) is 1. The van der Waals surface area contributed by atoms with Crippen molar-refractivity contribution in [3.8, 4) is 5.75 Å². The Morgan fingerprint density at radius 3 is 2.17 bits per heavy atom. The van der Waals surface area contributed by atoms with Crippen LogP contribution in [0.1, 0.15) is 30.9 Å². The van der Waals surface area contributed by atoms with Crippen LogP contribution in [-0.2, 0) is 22.6 Å². The van der Waals surface area contributed by atoms with Gasteiger partial charge in [-0.1, -0.05) is 91.1 Å². The summed E-state index contributed by atoms with van der Waals surface area (Å²) in [6.45, 7) is 2.45. The van der Waals surface area contributed by atoms with Gasteiger partial charge in [-0.2, -0.15) is 0 Å². The number of carbonyl (C=O) groups is 2. The summed E-state index contributed by atoms with van der Waals surface area (Å²) < 4.78 is 5.74. The second-order valence-corrected chi connectivity index (χ2v) is 8.99. The molecule has 0 bridgehead atoms. The lowest BCUT2D eigenvalue weighted by Gasteiger charge is -2.32. The molecule has 3 rings (SSSR count). The molecule has 35 heavy (non-hydrogen) atoms. The van der Waals surface area contributed by atoms with E-state index in [-0.39, 0.29) is 25.0 Å². The van der Waals surface area contributed by atoms with E-state index in [1.54, 1.807) is 30.3 Å². The maximum absolute atomic E-state index is 13.5. The van der Waals surface area contributed by atoms with Gasteiger partial charge in [0.15, 0.2) is 6.61 Å². The van der Waals surface area contributed by atoms with Gasteiger partial charge in [0.1, 0.15) is 11.8 Å². The average molecular weight is 513 g/mol. The number of ether oxygens (including phenoxy) is 1. The van der Waals surface area contributed by atoms with E-state index in [1.165, 1.54) is 4.90 Å². The second kappa shape index (κ2) is 13.8. The van der Waals surface area contributed by atoms with Gasteiger partial charge in [0.2, 0.25) is 5.91 Å². The average Bonchev–Trinajstić information content (AvgIpc) is 2.87. The molecular formula is C28H30Cl2N2O3. The highest BCUT2D eigenvalue weighted by atomic mass is 35.5. The van der Waals surface area contributed by atoms with Crippen molar-refractivity contribution < 1.29 is 14.3 Å². The summed E-state index contributed by atoms with van der Waals surface area (Å²) in [6, 6.07) is 23.1. The summed E-state index contributed by atoms with van der Waals surface area (Å²) in [4.78, 5) is 28.5. The molecule has 2 amide bonds. The van der Waals surface area contributed by atoms with E-state index in [0.29, 0.717) is 34.3 Å². The van der Waals surface area contributed by atoms with Crippen molar-refractivity contribution in [1.82, 2.24) is 10.2 Å². The third-order valence-corrected chi connectivity index (χ3v) is 6.30. The number of rotatable bonds is 12. The van der Waals surface area contributed by atoms with Gasteiger partial charge in [-0.05, 0) is 36.2 Å². The first-order chi connectivity index (χ1) is 17.0. The van der Waals surface area contributed by atoms with Crippen molar-refractivity contribution in [2.24, 2.45) is 0 Å². The minimum atomic E-state index is -0.770. The Bertz CT molecular complexity index is 1070. The van der Waals surface area contributed by atoms with E-state index in [0.717, 1.165) is 18.4 Å². The third kappa shape index (κ3) is 8.01. The van der Waals surface area contributed by atoms with Crippen molar-refractivity contribution in [2.45, 2.75) is 38.8 Å². The number of hydrogen-bond acceptors (Lipinski definition) is 3. The molecule has 0 heterocycles. The molecule has 0 fully saturated rings. The third-order valence-electron chi connectivity index (χ3n) is 5.60. The quantitative estimate of drug-likeness (QED) is 0.306. The molecule has 0 aliphatic rings. The van der Waals surface area contributed by atoms with Crippen LogP contribution in [0.4, 0.5) is 0 Å². The lowest BCUT2D eigenvalue weighted by molar-refractivity contribution is -0.142. The Hall–Kier alpha value is -3.02. The predicted octanol–water partition coefficient (Wildman–Crippen LogP) is 5.93. The molecule has 184 valence electrons. The lowest BCUT2D eigenvalue weighted by Crippen LogP contribution is -2.52. The van der Waals surface area contributed by atoms with Crippen LogP contribution in [0.25, 0.3) is 0 Å². The molecule has 0 aliphatic heterocycles. The van der Waals surface area contributed by atoms with Crippen molar-refractivity contribution in [1.29, 1.82) is 0 Å². The van der Waals surface area contributed by atoms with E-state index in [2.05, 4.69) is 12.2 Å². The van der Waals surface area contributed by atoms with Gasteiger partial charge in [-0.25, -0.2) is 0 Å². The van der Waals surface area contributed by atoms with E-state index < -0.39 is 6.04 Å². The van der Waals surface area contributed by atoms with Crippen molar-refractivity contribution in [2.75, 3.05) is 13.2 Å². The highest BCUT2D eigenvalue weighted by Gasteiger charge is 2.31. The zero-order valence-corrected chi connectivity index (χ0v) is 21.3. The van der Waals surface area contributed by atoms with Gasteiger partial charge in [-0.3, -0.25) is 9.59 Å². The molecule has 0 saturated carbocycles. The maximum Gasteiger partial charge on any atom is 0.261 e. The zero-order chi connectivity index (χ0) is 25.0. The molecule has 0 aliphatic carbocycles. The van der Waals surface area contributed by atoms with Crippen molar-refractivity contribution >= 4 is 35.0 Å². The Morgan fingerprint density at radius 2 is 1.54 bits per heavy atom. The van der Waals surface area contributed by atoms with E-state index in [4.69, 9.17) is 27.9 Å². The molecule has 5 nitrogen and oxygen atoms in total. The molecule has 0 unspecified atom stereocenters. The normalized spacial score (nSPS) is 11.5. The molecule has 7 heteroatoms. The maximum atomic E-state index is 13.5. The lowest BCUT2D eigenvalue weighted by atomic mass is 10.0. The monoisotopic (exact) mass is 512 g/mol. The van der Waals surface area contributed by atoms with Crippen molar-refractivity contribution in [3.63, 3.8) is 0 Å². The first kappa shape index (κ1) is 26.6. The Morgan fingerprint density at radius 1 is 0.914 bits per heavy atom. The minimum absolute atomic E-state index is 0.0776. The summed E-state index contributed by atoms with van der Waals surface area (Å²) in [5.74, 6) is 0.0125. The van der Waals surface area contributed by atoms with Crippen LogP contribution in [0.15, 0.2) is 78.9 Å².